The molecule has 0 aliphatic carbocycles. The Balaban J connectivity index is 2.64. The first-order valence-electron chi connectivity index (χ1n) is 3.00. The molecule has 0 radical (unpaired) electrons. The molecule has 3 atom stereocenters. The number of aliphatic hydroxyl groups excluding tert-OH is 3. The largest absolute Gasteiger partial charge is 0.392 e. The zero-order valence-corrected chi connectivity index (χ0v) is 5.40. The van der Waals surface area contributed by atoms with Crippen LogP contribution in [0.1, 0.15) is 0 Å². The van der Waals surface area contributed by atoms with E-state index in [9.17, 15) is 0 Å². The molecule has 1 aliphatic heterocycles. The Kier molecular flexibility index (Phi) is 1.93. The molecule has 0 aromatic heterocycles. The van der Waals surface area contributed by atoms with Gasteiger partial charge in [-0.15, -0.1) is 0 Å². The van der Waals surface area contributed by atoms with E-state index < -0.39 is 24.5 Å². The van der Waals surface area contributed by atoms with Gasteiger partial charge < -0.3 is 20.1 Å². The SMILES string of the molecule is N[C@]1(CO)OC[C@@H](O)[C@@H]1O. The molecule has 0 spiro atoms. The average molecular weight is 149 g/mol. The van der Waals surface area contributed by atoms with Gasteiger partial charge in [0, 0.05) is 0 Å². The Labute approximate surface area is 58.0 Å². The number of rotatable bonds is 1. The maximum Gasteiger partial charge on any atom is 0.168 e. The van der Waals surface area contributed by atoms with Crippen molar-refractivity contribution in [3.05, 3.63) is 0 Å². The predicted octanol–water partition coefficient (Wildman–Crippen LogP) is -2.61. The van der Waals surface area contributed by atoms with Crippen molar-refractivity contribution < 1.29 is 20.1 Å². The van der Waals surface area contributed by atoms with E-state index in [4.69, 9.17) is 25.8 Å². The third-order valence-corrected chi connectivity index (χ3v) is 1.64. The minimum Gasteiger partial charge on any atom is -0.392 e. The first kappa shape index (κ1) is 7.90. The lowest BCUT2D eigenvalue weighted by Gasteiger charge is -2.24. The second-order valence-electron chi connectivity index (χ2n) is 2.44. The Morgan fingerprint density at radius 2 is 2.20 bits per heavy atom. The van der Waals surface area contributed by atoms with Crippen LogP contribution in [0.2, 0.25) is 0 Å². The van der Waals surface area contributed by atoms with Crippen LogP contribution in [0.25, 0.3) is 0 Å². The summed E-state index contributed by atoms with van der Waals surface area (Å²) in [6.45, 7) is -0.524. The quantitative estimate of drug-likeness (QED) is 0.327. The lowest BCUT2D eigenvalue weighted by molar-refractivity contribution is -0.0904. The second-order valence-corrected chi connectivity index (χ2v) is 2.44. The summed E-state index contributed by atoms with van der Waals surface area (Å²) < 4.78 is 4.74. The Morgan fingerprint density at radius 1 is 1.60 bits per heavy atom. The fraction of sp³-hybridized carbons (Fsp3) is 1.00. The number of nitrogens with two attached hydrogens (primary N) is 1. The summed E-state index contributed by atoms with van der Waals surface area (Å²) in [5.41, 5.74) is 3.84. The highest BCUT2D eigenvalue weighted by atomic mass is 16.6. The minimum absolute atomic E-state index is 0.0295. The highest BCUT2D eigenvalue weighted by Gasteiger charge is 2.45. The molecule has 60 valence electrons. The smallest absolute Gasteiger partial charge is 0.168 e. The van der Waals surface area contributed by atoms with Crippen LogP contribution >= 0.6 is 0 Å². The lowest BCUT2D eigenvalue weighted by Crippen LogP contribution is -2.54. The van der Waals surface area contributed by atoms with Gasteiger partial charge in [-0.1, -0.05) is 0 Å². The molecule has 0 aromatic carbocycles. The van der Waals surface area contributed by atoms with Gasteiger partial charge in [0.05, 0.1) is 13.2 Å². The van der Waals surface area contributed by atoms with Crippen molar-refractivity contribution >= 4 is 0 Å². The fourth-order valence-electron chi connectivity index (χ4n) is 0.882. The molecule has 0 saturated carbocycles. The van der Waals surface area contributed by atoms with E-state index in [0.717, 1.165) is 0 Å². The van der Waals surface area contributed by atoms with E-state index in [0.29, 0.717) is 0 Å². The van der Waals surface area contributed by atoms with Gasteiger partial charge in [-0.05, 0) is 0 Å². The van der Waals surface area contributed by atoms with E-state index in [1.54, 1.807) is 0 Å². The predicted molar refractivity (Wildman–Crippen MR) is 32.0 cm³/mol. The summed E-state index contributed by atoms with van der Waals surface area (Å²) >= 11 is 0. The summed E-state index contributed by atoms with van der Waals surface area (Å²) in [7, 11) is 0. The molecule has 5 heteroatoms. The molecule has 1 aliphatic rings. The Morgan fingerprint density at radius 3 is 2.40 bits per heavy atom. The zero-order valence-electron chi connectivity index (χ0n) is 5.40. The third kappa shape index (κ3) is 1.02. The van der Waals surface area contributed by atoms with Crippen molar-refractivity contribution in [1.82, 2.24) is 0 Å². The monoisotopic (exact) mass is 149 g/mol. The molecular formula is C5H11NO4. The number of hydrogen-bond donors (Lipinski definition) is 4. The van der Waals surface area contributed by atoms with E-state index in [1.807, 2.05) is 0 Å². The van der Waals surface area contributed by atoms with Crippen LogP contribution in [0, 0.1) is 0 Å². The highest BCUT2D eigenvalue weighted by molar-refractivity contribution is 4.92. The molecule has 5 nitrogen and oxygen atoms in total. The average Bonchev–Trinajstić information content (AvgIpc) is 2.19. The van der Waals surface area contributed by atoms with Crippen molar-refractivity contribution in [3.63, 3.8) is 0 Å². The summed E-state index contributed by atoms with van der Waals surface area (Å²) in [5.74, 6) is 0. The number of hydrogen-bond acceptors (Lipinski definition) is 5. The first-order chi connectivity index (χ1) is 4.60. The molecule has 0 aromatic rings. The Hall–Kier alpha value is -0.200. The third-order valence-electron chi connectivity index (χ3n) is 1.64. The molecular weight excluding hydrogens is 138 g/mol. The van der Waals surface area contributed by atoms with Crippen LogP contribution in [0.3, 0.4) is 0 Å². The van der Waals surface area contributed by atoms with E-state index in [2.05, 4.69) is 0 Å². The summed E-state index contributed by atoms with van der Waals surface area (Å²) in [6.07, 6.45) is -2.19. The first-order valence-corrected chi connectivity index (χ1v) is 3.00. The molecule has 0 unspecified atom stereocenters. The van der Waals surface area contributed by atoms with Crippen LogP contribution in [0.5, 0.6) is 0 Å². The topological polar surface area (TPSA) is 95.9 Å². The van der Waals surface area contributed by atoms with Crippen molar-refractivity contribution in [1.29, 1.82) is 0 Å². The van der Waals surface area contributed by atoms with Crippen LogP contribution < -0.4 is 5.73 Å². The fourth-order valence-corrected chi connectivity index (χ4v) is 0.882. The molecule has 1 rings (SSSR count). The standard InChI is InChI=1S/C5H11NO4/c6-5(2-7)4(9)3(8)1-10-5/h3-4,7-9H,1-2,6H2/t3-,4+,5-/m1/s1. The molecule has 1 fully saturated rings. The molecule has 1 saturated heterocycles. The maximum absolute atomic E-state index is 9.06. The zero-order chi connectivity index (χ0) is 7.78. The van der Waals surface area contributed by atoms with Gasteiger partial charge in [-0.2, -0.15) is 0 Å². The molecule has 0 bridgehead atoms. The van der Waals surface area contributed by atoms with Crippen LogP contribution in [-0.4, -0.2) is 46.5 Å². The Bertz CT molecular complexity index is 131. The van der Waals surface area contributed by atoms with E-state index >= 15 is 0 Å². The van der Waals surface area contributed by atoms with Gasteiger partial charge >= 0.3 is 0 Å². The van der Waals surface area contributed by atoms with Crippen molar-refractivity contribution in [2.24, 2.45) is 5.73 Å². The second kappa shape index (κ2) is 2.44. The maximum atomic E-state index is 9.06. The molecule has 1 heterocycles. The summed E-state index contributed by atoms with van der Waals surface area (Å²) in [5, 5.41) is 26.5. The van der Waals surface area contributed by atoms with Crippen molar-refractivity contribution in [3.8, 4) is 0 Å². The van der Waals surface area contributed by atoms with Crippen molar-refractivity contribution in [2.75, 3.05) is 13.2 Å². The van der Waals surface area contributed by atoms with E-state index in [1.165, 1.54) is 0 Å². The van der Waals surface area contributed by atoms with Gasteiger partial charge in [0.15, 0.2) is 5.72 Å². The van der Waals surface area contributed by atoms with Gasteiger partial charge in [0.25, 0.3) is 0 Å². The molecule has 5 N–H and O–H groups in total. The van der Waals surface area contributed by atoms with Crippen molar-refractivity contribution in [2.45, 2.75) is 17.9 Å². The van der Waals surface area contributed by atoms with Crippen LogP contribution in [-0.2, 0) is 4.74 Å². The number of ether oxygens (including phenoxy) is 1. The van der Waals surface area contributed by atoms with Crippen LogP contribution in [0.15, 0.2) is 0 Å². The van der Waals surface area contributed by atoms with Gasteiger partial charge in [0.1, 0.15) is 12.2 Å². The van der Waals surface area contributed by atoms with E-state index in [-0.39, 0.29) is 6.61 Å². The summed E-state index contributed by atoms with van der Waals surface area (Å²) in [4.78, 5) is 0. The number of aliphatic hydroxyl groups is 3. The van der Waals surface area contributed by atoms with Gasteiger partial charge in [-0.25, -0.2) is 0 Å². The summed E-state index contributed by atoms with van der Waals surface area (Å²) in [6, 6.07) is 0. The molecule has 10 heavy (non-hydrogen) atoms. The van der Waals surface area contributed by atoms with Crippen LogP contribution in [0.4, 0.5) is 0 Å². The normalized spacial score (nSPS) is 48.0. The minimum atomic E-state index is -1.47. The van der Waals surface area contributed by atoms with Gasteiger partial charge in [0.2, 0.25) is 0 Å². The van der Waals surface area contributed by atoms with Gasteiger partial charge in [-0.3, -0.25) is 5.73 Å². The molecule has 0 amide bonds. The highest BCUT2D eigenvalue weighted by Crippen LogP contribution is 2.20. The lowest BCUT2D eigenvalue weighted by atomic mass is 10.1.